The van der Waals surface area contributed by atoms with Gasteiger partial charge in [0.25, 0.3) is 0 Å². The zero-order chi connectivity index (χ0) is 31.7. The van der Waals surface area contributed by atoms with E-state index < -0.39 is 0 Å². The van der Waals surface area contributed by atoms with Crippen molar-refractivity contribution in [1.29, 1.82) is 0 Å². The minimum absolute atomic E-state index is 0.185. The molecule has 2 unspecified atom stereocenters. The molecule has 2 bridgehead atoms. The van der Waals surface area contributed by atoms with Gasteiger partial charge in [0, 0.05) is 32.9 Å². The summed E-state index contributed by atoms with van der Waals surface area (Å²) in [6, 6.07) is 14.3. The average Bonchev–Trinajstić information content (AvgIpc) is 3.59. The average molecular weight is 628 g/mol. The highest BCUT2D eigenvalue weighted by Crippen LogP contribution is 2.66. The van der Waals surface area contributed by atoms with Crippen LogP contribution < -0.4 is 4.90 Å². The van der Waals surface area contributed by atoms with E-state index in [0.717, 1.165) is 56.9 Å². The smallest absolute Gasteiger partial charge is 0.0540 e. The van der Waals surface area contributed by atoms with Crippen LogP contribution >= 0.6 is 11.8 Å². The van der Waals surface area contributed by atoms with Crippen LogP contribution in [0.25, 0.3) is 16.7 Å². The molecule has 1 aliphatic heterocycles. The second-order valence-corrected chi connectivity index (χ2v) is 15.0. The molecule has 7 aliphatic rings. The van der Waals surface area contributed by atoms with Gasteiger partial charge in [-0.05, 0) is 125 Å². The quantitative estimate of drug-likeness (QED) is 0.333. The van der Waals surface area contributed by atoms with Gasteiger partial charge in [0.05, 0.1) is 5.69 Å². The number of nitrogens with zero attached hydrogens (tertiary/aromatic N) is 1. The predicted octanol–water partition coefficient (Wildman–Crippen LogP) is 12.3. The van der Waals surface area contributed by atoms with E-state index in [1.54, 1.807) is 5.57 Å². The van der Waals surface area contributed by atoms with Crippen molar-refractivity contribution in [3.63, 3.8) is 0 Å². The van der Waals surface area contributed by atoms with Crippen molar-refractivity contribution < 1.29 is 0 Å². The molecule has 0 radical (unpaired) electrons. The van der Waals surface area contributed by atoms with Gasteiger partial charge in [0.15, 0.2) is 0 Å². The highest BCUT2D eigenvalue weighted by atomic mass is 32.2. The number of hydrogen-bond donors (Lipinski definition) is 0. The third kappa shape index (κ3) is 4.30. The SMILES string of the molecule is C=C1/C=C\C=C2/CC3(C4=C1C=CCC4)c1cccc(N(C4=CCC(C)C=C4)C4=C5C(=C)CC/C=C\SC5=CCC4)c1-c1cccc2c13. The molecule has 232 valence electrons. The molecule has 0 aromatic heterocycles. The van der Waals surface area contributed by atoms with Crippen LogP contribution in [0.2, 0.25) is 0 Å². The van der Waals surface area contributed by atoms with Crippen molar-refractivity contribution in [1.82, 2.24) is 0 Å². The summed E-state index contributed by atoms with van der Waals surface area (Å²) in [5.74, 6) is 0.547. The Kier molecular flexibility index (Phi) is 6.87. The summed E-state index contributed by atoms with van der Waals surface area (Å²) in [5.41, 5.74) is 19.1. The molecule has 9 rings (SSSR count). The van der Waals surface area contributed by atoms with Crippen LogP contribution in [-0.4, -0.2) is 0 Å². The molecule has 1 nitrogen and oxygen atoms in total. The van der Waals surface area contributed by atoms with Crippen LogP contribution in [0.5, 0.6) is 0 Å². The third-order valence-electron chi connectivity index (χ3n) is 11.3. The maximum Gasteiger partial charge on any atom is 0.0540 e. The van der Waals surface area contributed by atoms with Gasteiger partial charge in [0.1, 0.15) is 0 Å². The summed E-state index contributed by atoms with van der Waals surface area (Å²) >= 11 is 1.87. The fraction of sp³-hybridized carbons (Fsp3) is 0.244. The highest BCUT2D eigenvalue weighted by molar-refractivity contribution is 8.06. The second-order valence-electron chi connectivity index (χ2n) is 14.0. The molecule has 2 atom stereocenters. The first kappa shape index (κ1) is 28.9. The van der Waals surface area contributed by atoms with Crippen LogP contribution in [0.4, 0.5) is 5.69 Å². The van der Waals surface area contributed by atoms with E-state index in [9.17, 15) is 0 Å². The summed E-state index contributed by atoms with van der Waals surface area (Å²) in [7, 11) is 0. The Hall–Kier alpha value is -4.27. The van der Waals surface area contributed by atoms with Crippen LogP contribution in [-0.2, 0) is 5.41 Å². The molecule has 2 aromatic carbocycles. The molecule has 0 fully saturated rings. The van der Waals surface area contributed by atoms with Gasteiger partial charge in [-0.15, -0.1) is 0 Å². The lowest BCUT2D eigenvalue weighted by Gasteiger charge is -2.38. The van der Waals surface area contributed by atoms with Crippen LogP contribution in [0, 0.1) is 5.92 Å². The van der Waals surface area contributed by atoms with Crippen molar-refractivity contribution >= 4 is 23.0 Å². The molecule has 6 aliphatic carbocycles. The van der Waals surface area contributed by atoms with E-state index in [2.05, 4.69) is 121 Å². The fourth-order valence-electron chi connectivity index (χ4n) is 9.21. The minimum atomic E-state index is -0.185. The summed E-state index contributed by atoms with van der Waals surface area (Å²) in [6.45, 7) is 11.6. The molecule has 47 heavy (non-hydrogen) atoms. The predicted molar refractivity (Wildman–Crippen MR) is 202 cm³/mol. The van der Waals surface area contributed by atoms with E-state index in [4.69, 9.17) is 6.58 Å². The maximum atomic E-state index is 4.70. The first-order chi connectivity index (χ1) is 23.1. The lowest BCUT2D eigenvalue weighted by atomic mass is 9.67. The zero-order valence-electron chi connectivity index (χ0n) is 27.3. The summed E-state index contributed by atoms with van der Waals surface area (Å²) < 4.78 is 0. The molecular weight excluding hydrogens is 587 g/mol. The van der Waals surface area contributed by atoms with Crippen LogP contribution in [0.1, 0.15) is 75.0 Å². The van der Waals surface area contributed by atoms with Gasteiger partial charge in [-0.2, -0.15) is 0 Å². The number of hydrogen-bond acceptors (Lipinski definition) is 2. The van der Waals surface area contributed by atoms with E-state index in [1.807, 2.05) is 11.8 Å². The molecular formula is C45H41NS. The molecule has 1 heterocycles. The van der Waals surface area contributed by atoms with E-state index in [-0.39, 0.29) is 5.41 Å². The molecule has 0 N–H and O–H groups in total. The maximum absolute atomic E-state index is 4.70. The topological polar surface area (TPSA) is 3.24 Å². The number of anilines is 1. The molecule has 0 amide bonds. The largest absolute Gasteiger partial charge is 0.313 e. The van der Waals surface area contributed by atoms with E-state index in [0.29, 0.717) is 5.92 Å². The van der Waals surface area contributed by atoms with Gasteiger partial charge in [0.2, 0.25) is 0 Å². The zero-order valence-corrected chi connectivity index (χ0v) is 28.1. The van der Waals surface area contributed by atoms with Gasteiger partial charge < -0.3 is 4.90 Å². The molecule has 1 spiro atoms. The Morgan fingerprint density at radius 2 is 1.77 bits per heavy atom. The van der Waals surface area contributed by atoms with E-state index in [1.165, 1.54) is 72.1 Å². The van der Waals surface area contributed by atoms with Crippen molar-refractivity contribution in [3.05, 3.63) is 177 Å². The van der Waals surface area contributed by atoms with Crippen LogP contribution in [0.3, 0.4) is 0 Å². The Labute approximate surface area is 284 Å². The molecule has 2 heteroatoms. The summed E-state index contributed by atoms with van der Waals surface area (Å²) in [4.78, 5) is 4.01. The Bertz CT molecular complexity index is 2060. The lowest BCUT2D eigenvalue weighted by molar-refractivity contribution is 0.618. The van der Waals surface area contributed by atoms with Crippen molar-refractivity contribution in [3.8, 4) is 11.1 Å². The first-order valence-corrected chi connectivity index (χ1v) is 18.3. The molecule has 2 aromatic rings. The first-order valence-electron chi connectivity index (χ1n) is 17.4. The lowest BCUT2D eigenvalue weighted by Crippen LogP contribution is -2.28. The molecule has 0 saturated heterocycles. The summed E-state index contributed by atoms with van der Waals surface area (Å²) in [6.07, 6.45) is 31.8. The van der Waals surface area contributed by atoms with Gasteiger partial charge in [-0.1, -0.05) is 117 Å². The Morgan fingerprint density at radius 3 is 2.66 bits per heavy atom. The Balaban J connectivity index is 1.35. The fourth-order valence-corrected chi connectivity index (χ4v) is 10.2. The monoisotopic (exact) mass is 627 g/mol. The number of fused-ring (bicyclic) bond motifs is 5. The number of allylic oxidation sites excluding steroid dienone is 17. The number of thioether (sulfide) groups is 1. The van der Waals surface area contributed by atoms with Gasteiger partial charge in [-0.3, -0.25) is 0 Å². The van der Waals surface area contributed by atoms with Crippen molar-refractivity contribution in [2.24, 2.45) is 5.92 Å². The Morgan fingerprint density at radius 1 is 0.894 bits per heavy atom. The molecule has 0 saturated carbocycles. The normalized spacial score (nSPS) is 27.9. The minimum Gasteiger partial charge on any atom is -0.313 e. The van der Waals surface area contributed by atoms with Gasteiger partial charge in [-0.25, -0.2) is 0 Å². The number of benzene rings is 2. The third-order valence-corrected chi connectivity index (χ3v) is 12.2. The number of rotatable bonds is 3. The highest BCUT2D eigenvalue weighted by Gasteiger charge is 2.53. The van der Waals surface area contributed by atoms with Crippen molar-refractivity contribution in [2.45, 2.75) is 63.7 Å². The second kappa shape index (κ2) is 11.2. The van der Waals surface area contributed by atoms with Crippen molar-refractivity contribution in [2.75, 3.05) is 4.90 Å². The summed E-state index contributed by atoms with van der Waals surface area (Å²) in [5, 5.41) is 2.29. The van der Waals surface area contributed by atoms with Gasteiger partial charge >= 0.3 is 0 Å². The standard InChI is InChI=1S/C45H41NS/c1-29-23-25-33(26-24-29)46(39-21-11-22-41-42(39)31(3)12-6-7-27-47-41)40-20-10-19-38-43(40)36-17-9-16-35-32-14-8-13-30(2)34-15-4-5-18-37(34)45(38,28-32)44(35)36/h4,7-10,13-17,19-20,22-23,25-27,29H,2-3,5-6,11-12,18,21,24,28H2,1H3/b13-8-,27-7-,32-14+. The van der Waals surface area contributed by atoms with E-state index >= 15 is 0 Å². The van der Waals surface area contributed by atoms with Crippen LogP contribution in [0.15, 0.2) is 160 Å².